The van der Waals surface area contributed by atoms with Gasteiger partial charge in [-0.3, -0.25) is 9.98 Å². The van der Waals surface area contributed by atoms with E-state index in [2.05, 4.69) is 51.5 Å². The fourth-order valence-corrected chi connectivity index (χ4v) is 2.66. The second kappa shape index (κ2) is 16.2. The van der Waals surface area contributed by atoms with Gasteiger partial charge in [-0.2, -0.15) is 27.1 Å². The normalized spacial score (nSPS) is 20.2. The Morgan fingerprint density at radius 3 is 1.32 bits per heavy atom. The molecule has 1 aliphatic heterocycles. The fraction of sp³-hybridized carbons (Fsp3) is 0.875. The molecule has 0 unspecified atom stereocenters. The van der Waals surface area contributed by atoms with E-state index in [0.717, 1.165) is 39.0 Å². The van der Waals surface area contributed by atoms with Crippen LogP contribution < -0.4 is 38.8 Å². The van der Waals surface area contributed by atoms with Crippen LogP contribution in [0.2, 0.25) is 0 Å². The van der Waals surface area contributed by atoms with Crippen LogP contribution in [0.4, 0.5) is 0 Å². The molecule has 28 heavy (non-hydrogen) atoms. The zero-order chi connectivity index (χ0) is 19.7. The SMILES string of the molecule is CC1=NCCN=C(C)CC(C)(C)[N-]CC[N-]C(C)(C)C1.[Cl-].[Cl-].[Co+3].[O-][Cl+3]([O-])([O-])O. The van der Waals surface area contributed by atoms with Gasteiger partial charge in [0.1, 0.15) is 0 Å². The molecule has 0 bridgehead atoms. The van der Waals surface area contributed by atoms with Crippen LogP contribution in [0, 0.1) is 10.2 Å². The third-order valence-corrected chi connectivity index (χ3v) is 3.42. The van der Waals surface area contributed by atoms with Crippen molar-refractivity contribution >= 4 is 11.4 Å². The molecule has 0 aliphatic carbocycles. The van der Waals surface area contributed by atoms with Crippen molar-refractivity contribution in [3.8, 4) is 0 Å². The first kappa shape index (κ1) is 35.9. The summed E-state index contributed by atoms with van der Waals surface area (Å²) in [4.78, 5) is 9.21. The van der Waals surface area contributed by atoms with Crippen LogP contribution in [0.1, 0.15) is 54.4 Å². The summed E-state index contributed by atoms with van der Waals surface area (Å²) in [5.41, 5.74) is 2.24. The van der Waals surface area contributed by atoms with Gasteiger partial charge in [0, 0.05) is 11.4 Å². The summed E-state index contributed by atoms with van der Waals surface area (Å²) in [6.45, 7) is 16.0. The van der Waals surface area contributed by atoms with Crippen molar-refractivity contribution in [3.63, 3.8) is 0 Å². The van der Waals surface area contributed by atoms with Gasteiger partial charge in [0.2, 0.25) is 0 Å². The maximum Gasteiger partial charge on any atom is 3.00 e. The predicted molar refractivity (Wildman–Crippen MR) is 92.0 cm³/mol. The molecule has 1 N–H and O–H groups in total. The number of hydrogen-bond donors (Lipinski definition) is 1. The van der Waals surface area contributed by atoms with Crippen LogP contribution in [0.15, 0.2) is 9.98 Å². The molecule has 0 aromatic heterocycles. The van der Waals surface area contributed by atoms with Crippen molar-refractivity contribution in [1.82, 2.24) is 0 Å². The molecule has 0 amide bonds. The number of nitrogens with zero attached hydrogens (tertiary/aromatic N) is 4. The fourth-order valence-electron chi connectivity index (χ4n) is 2.66. The van der Waals surface area contributed by atoms with Crippen molar-refractivity contribution in [3.05, 3.63) is 10.6 Å². The maximum atomic E-state index is 8.60. The van der Waals surface area contributed by atoms with Gasteiger partial charge in [-0.1, -0.05) is 27.7 Å². The maximum absolute atomic E-state index is 8.60. The zero-order valence-electron chi connectivity index (χ0n) is 17.2. The third-order valence-electron chi connectivity index (χ3n) is 3.42. The Balaban J connectivity index is -0.000000321. The molecule has 1 heterocycles. The molecular formula is C16H31Cl3CoN4O4-. The molecule has 1 aliphatic rings. The van der Waals surface area contributed by atoms with Gasteiger partial charge >= 0.3 is 16.8 Å². The molecule has 0 spiro atoms. The van der Waals surface area contributed by atoms with Gasteiger partial charge in [-0.15, -0.1) is 11.1 Å². The van der Waals surface area contributed by atoms with Crippen LogP contribution in [-0.4, -0.2) is 53.3 Å². The average molecular weight is 509 g/mol. The van der Waals surface area contributed by atoms with Crippen molar-refractivity contribution in [1.29, 1.82) is 0 Å². The van der Waals surface area contributed by atoms with Crippen LogP contribution in [0.5, 0.6) is 0 Å². The summed E-state index contributed by atoms with van der Waals surface area (Å²) in [6, 6.07) is 0. The number of rotatable bonds is 0. The predicted octanol–water partition coefficient (Wildman–Crippen LogP) is -6.11. The van der Waals surface area contributed by atoms with E-state index in [0.29, 0.717) is 0 Å². The first-order chi connectivity index (χ1) is 11.2. The summed E-state index contributed by atoms with van der Waals surface area (Å²) in [5, 5.41) is 9.55. The quantitative estimate of drug-likeness (QED) is 0.347. The van der Waals surface area contributed by atoms with E-state index in [1.54, 1.807) is 0 Å². The molecule has 0 aromatic carbocycles. The molecule has 0 saturated carbocycles. The Bertz CT molecular complexity index is 431. The molecule has 0 radical (unpaired) electrons. The van der Waals surface area contributed by atoms with E-state index < -0.39 is 10.2 Å². The number of halogens is 3. The summed E-state index contributed by atoms with van der Waals surface area (Å²) in [7, 11) is -4.69. The van der Waals surface area contributed by atoms with E-state index in [1.807, 2.05) is 0 Å². The number of hydrogen-bond acceptors (Lipinski definition) is 6. The molecule has 170 valence electrons. The second-order valence-corrected chi connectivity index (χ2v) is 8.16. The summed E-state index contributed by atoms with van der Waals surface area (Å²) >= 11 is 0. The van der Waals surface area contributed by atoms with Crippen molar-refractivity contribution < 1.29 is 70.5 Å². The van der Waals surface area contributed by atoms with Gasteiger partial charge in [-0.05, 0) is 26.7 Å². The van der Waals surface area contributed by atoms with Gasteiger partial charge in [0.25, 0.3) is 0 Å². The third kappa shape index (κ3) is 24.5. The minimum Gasteiger partial charge on any atom is -1.00 e. The monoisotopic (exact) mass is 507 g/mol. The standard InChI is InChI=1S/C16H30N4.ClHO4.2ClH.Co/c1-13-11-15(3,4)19-9-10-20-16(5,6)12-14(2)18-8-7-17-13;2-1(3,4)5;;;/h7-12H2,1-6H3;(H,2,3,4,5);2*1H;/q-2;;;;+3/p-2. The average Bonchev–Trinajstić information content (AvgIpc) is 2.36. The van der Waals surface area contributed by atoms with E-state index in [-0.39, 0.29) is 52.7 Å². The molecule has 1 rings (SSSR count). The van der Waals surface area contributed by atoms with Crippen LogP contribution in [0.25, 0.3) is 10.6 Å². The molecule has 0 atom stereocenters. The molecule has 0 fully saturated rings. The Labute approximate surface area is 193 Å². The Kier molecular flexibility index (Phi) is 20.8. The van der Waals surface area contributed by atoms with Gasteiger partial charge in [-0.25, -0.2) is 0 Å². The van der Waals surface area contributed by atoms with E-state index in [4.69, 9.17) is 29.3 Å². The Morgan fingerprint density at radius 1 is 0.821 bits per heavy atom. The molecule has 0 saturated heterocycles. The molecule has 0 aromatic rings. The zero-order valence-corrected chi connectivity index (χ0v) is 20.5. The first-order valence-corrected chi connectivity index (χ1v) is 9.47. The molecule has 8 nitrogen and oxygen atoms in total. The second-order valence-electron chi connectivity index (χ2n) is 7.37. The summed E-state index contributed by atoms with van der Waals surface area (Å²) in [6.07, 6.45) is 1.83. The molecule has 12 heteroatoms. The minimum absolute atomic E-state index is 0. The van der Waals surface area contributed by atoms with Crippen molar-refractivity contribution in [2.45, 2.75) is 65.5 Å². The first-order valence-electron chi connectivity index (χ1n) is 8.21. The number of aliphatic imine (C=N–C) groups is 2. The summed E-state index contributed by atoms with van der Waals surface area (Å²) in [5.74, 6) is 0. The van der Waals surface area contributed by atoms with Crippen LogP contribution >= 0.6 is 0 Å². The molecular weight excluding hydrogens is 477 g/mol. The van der Waals surface area contributed by atoms with Crippen molar-refractivity contribution in [2.24, 2.45) is 9.98 Å². The van der Waals surface area contributed by atoms with Gasteiger partial charge < -0.3 is 35.4 Å². The largest absolute Gasteiger partial charge is 3.00 e. The van der Waals surface area contributed by atoms with Crippen LogP contribution in [0.3, 0.4) is 0 Å². The Morgan fingerprint density at radius 2 is 1.07 bits per heavy atom. The minimum atomic E-state index is -4.69. The van der Waals surface area contributed by atoms with Gasteiger partial charge in [0.05, 0.1) is 28.0 Å². The van der Waals surface area contributed by atoms with E-state index >= 15 is 0 Å². The van der Waals surface area contributed by atoms with E-state index in [9.17, 15) is 0 Å². The topological polar surface area (TPSA) is 142 Å². The Hall–Kier alpha value is 0.476. The van der Waals surface area contributed by atoms with E-state index in [1.165, 1.54) is 11.4 Å². The summed E-state index contributed by atoms with van der Waals surface area (Å²) < 4.78 is 32.7. The van der Waals surface area contributed by atoms with Crippen molar-refractivity contribution in [2.75, 3.05) is 26.2 Å². The van der Waals surface area contributed by atoms with Gasteiger partial charge in [0.15, 0.2) is 0 Å². The smallest absolute Gasteiger partial charge is 1.00 e. The van der Waals surface area contributed by atoms with Crippen LogP contribution in [-0.2, 0) is 16.8 Å².